The molecule has 4 fully saturated rings. The highest BCUT2D eigenvalue weighted by atomic mass is 16.4. The van der Waals surface area contributed by atoms with E-state index in [0.717, 1.165) is 51.4 Å². The molecule has 0 heterocycles. The van der Waals surface area contributed by atoms with Crippen LogP contribution in [0.15, 0.2) is 0 Å². The Morgan fingerprint density at radius 3 is 2.33 bits per heavy atom. The molecule has 0 spiro atoms. The van der Waals surface area contributed by atoms with Gasteiger partial charge in [-0.05, 0) is 111 Å². The van der Waals surface area contributed by atoms with Gasteiger partial charge in [0, 0.05) is 6.42 Å². The molecule has 6 nitrogen and oxygen atoms in total. The number of nitrogens with one attached hydrogen (secondary N) is 1. The summed E-state index contributed by atoms with van der Waals surface area (Å²) in [6.07, 6.45) is 9.02. The second kappa shape index (κ2) is 9.14. The number of aliphatic hydroxyl groups is 2. The first-order valence-corrected chi connectivity index (χ1v) is 13.4. The molecule has 0 bridgehead atoms. The second-order valence-electron chi connectivity index (χ2n) is 12.6. The number of aliphatic hydroxyl groups excluding tert-OH is 2. The summed E-state index contributed by atoms with van der Waals surface area (Å²) in [4.78, 5) is 23.2. The molecule has 4 saturated carbocycles. The number of carboxylic acid groups (broad SMARTS) is 1. The number of carbonyl (C=O) groups excluding carboxylic acids is 1. The van der Waals surface area contributed by atoms with Gasteiger partial charge in [0.2, 0.25) is 5.91 Å². The minimum Gasteiger partial charge on any atom is -0.480 e. The molecule has 188 valence electrons. The summed E-state index contributed by atoms with van der Waals surface area (Å²) in [5.41, 5.74) is 0.441. The minimum absolute atomic E-state index is 0.179. The Labute approximate surface area is 198 Å². The average molecular weight is 464 g/mol. The second-order valence-corrected chi connectivity index (χ2v) is 12.6. The van der Waals surface area contributed by atoms with Crippen molar-refractivity contribution in [3.8, 4) is 0 Å². The fourth-order valence-electron chi connectivity index (χ4n) is 9.11. The van der Waals surface area contributed by atoms with Crippen LogP contribution in [-0.2, 0) is 9.59 Å². The van der Waals surface area contributed by atoms with Crippen LogP contribution < -0.4 is 5.32 Å². The van der Waals surface area contributed by atoms with Crippen molar-refractivity contribution in [1.29, 1.82) is 0 Å². The first-order valence-electron chi connectivity index (χ1n) is 13.4. The van der Waals surface area contributed by atoms with E-state index in [1.807, 2.05) is 0 Å². The van der Waals surface area contributed by atoms with Crippen molar-refractivity contribution in [1.82, 2.24) is 5.32 Å². The summed E-state index contributed by atoms with van der Waals surface area (Å²) in [6.45, 7) is 8.65. The molecular weight excluding hydrogens is 418 g/mol. The zero-order valence-corrected chi connectivity index (χ0v) is 20.9. The van der Waals surface area contributed by atoms with Gasteiger partial charge in [0.15, 0.2) is 0 Å². The van der Waals surface area contributed by atoms with Gasteiger partial charge in [-0.15, -0.1) is 0 Å². The van der Waals surface area contributed by atoms with Crippen LogP contribution >= 0.6 is 0 Å². The van der Waals surface area contributed by atoms with Gasteiger partial charge in [-0.2, -0.15) is 0 Å². The zero-order chi connectivity index (χ0) is 24.1. The maximum Gasteiger partial charge on any atom is 0.325 e. The molecule has 4 aliphatic rings. The number of rotatable bonds is 6. The molecule has 0 saturated heterocycles. The van der Waals surface area contributed by atoms with E-state index in [2.05, 4.69) is 26.1 Å². The lowest BCUT2D eigenvalue weighted by Gasteiger charge is -2.62. The van der Waals surface area contributed by atoms with E-state index in [-0.39, 0.29) is 28.9 Å². The maximum absolute atomic E-state index is 12.2. The number of amides is 1. The van der Waals surface area contributed by atoms with Crippen molar-refractivity contribution in [2.24, 2.45) is 46.3 Å². The minimum atomic E-state index is -1.01. The van der Waals surface area contributed by atoms with Crippen LogP contribution in [0.3, 0.4) is 0 Å². The van der Waals surface area contributed by atoms with Gasteiger partial charge in [-0.25, -0.2) is 0 Å². The maximum atomic E-state index is 12.2. The third kappa shape index (κ3) is 4.35. The van der Waals surface area contributed by atoms with Gasteiger partial charge in [0.05, 0.1) is 12.2 Å². The molecule has 0 aromatic carbocycles. The third-order valence-electron chi connectivity index (χ3n) is 11.0. The van der Waals surface area contributed by atoms with Crippen molar-refractivity contribution in [2.75, 3.05) is 0 Å². The SMILES string of the molecule is C[C@H](CCC(=O)N[C@H](C)C(=O)O)[C@H]1CCC2C3C(CC[C@@]21C)[C@@]1(C)CC[C@@H](O)CC1C[C@H]3O. The fraction of sp³-hybridized carbons (Fsp3) is 0.926. The summed E-state index contributed by atoms with van der Waals surface area (Å²) in [7, 11) is 0. The molecule has 4 N–H and O–H groups in total. The number of aliphatic carboxylic acids is 1. The summed E-state index contributed by atoms with van der Waals surface area (Å²) in [6, 6.07) is -0.852. The number of hydrogen-bond acceptors (Lipinski definition) is 4. The normalized spacial score (nSPS) is 46.4. The molecule has 4 unspecified atom stereocenters. The molecule has 0 aromatic rings. The van der Waals surface area contributed by atoms with Crippen LogP contribution in [0.25, 0.3) is 0 Å². The third-order valence-corrected chi connectivity index (χ3v) is 11.0. The van der Waals surface area contributed by atoms with E-state index in [1.54, 1.807) is 0 Å². The van der Waals surface area contributed by atoms with Crippen LogP contribution in [0, 0.1) is 46.3 Å². The van der Waals surface area contributed by atoms with Crippen molar-refractivity contribution in [3.63, 3.8) is 0 Å². The molecule has 6 heteroatoms. The lowest BCUT2D eigenvalue weighted by Crippen LogP contribution is -2.58. The van der Waals surface area contributed by atoms with E-state index in [4.69, 9.17) is 5.11 Å². The fourth-order valence-corrected chi connectivity index (χ4v) is 9.11. The Bertz CT molecular complexity index is 757. The first kappa shape index (κ1) is 25.0. The molecule has 0 radical (unpaired) electrons. The molecule has 33 heavy (non-hydrogen) atoms. The number of hydrogen-bond donors (Lipinski definition) is 4. The lowest BCUT2D eigenvalue weighted by molar-refractivity contribution is -0.174. The quantitative estimate of drug-likeness (QED) is 0.477. The highest BCUT2D eigenvalue weighted by Gasteiger charge is 2.62. The Balaban J connectivity index is 1.43. The molecule has 4 aliphatic carbocycles. The predicted molar refractivity (Wildman–Crippen MR) is 126 cm³/mol. The monoisotopic (exact) mass is 463 g/mol. The van der Waals surface area contributed by atoms with Gasteiger partial charge in [0.25, 0.3) is 0 Å². The molecule has 1 amide bonds. The lowest BCUT2D eigenvalue weighted by atomic mass is 9.43. The van der Waals surface area contributed by atoms with E-state index >= 15 is 0 Å². The van der Waals surface area contributed by atoms with Gasteiger partial charge >= 0.3 is 5.97 Å². The van der Waals surface area contributed by atoms with Gasteiger partial charge in [-0.1, -0.05) is 20.8 Å². The number of carboxylic acids is 1. The van der Waals surface area contributed by atoms with E-state index in [1.165, 1.54) is 13.3 Å². The zero-order valence-electron chi connectivity index (χ0n) is 20.9. The Morgan fingerprint density at radius 1 is 0.970 bits per heavy atom. The highest BCUT2D eigenvalue weighted by molar-refractivity contribution is 5.83. The topological polar surface area (TPSA) is 107 Å². The van der Waals surface area contributed by atoms with E-state index in [9.17, 15) is 19.8 Å². The van der Waals surface area contributed by atoms with Crippen molar-refractivity contribution in [3.05, 3.63) is 0 Å². The Morgan fingerprint density at radius 2 is 1.64 bits per heavy atom. The van der Waals surface area contributed by atoms with Crippen molar-refractivity contribution < 1.29 is 24.9 Å². The molecule has 4 rings (SSSR count). The van der Waals surface area contributed by atoms with Gasteiger partial charge in [0.1, 0.15) is 6.04 Å². The smallest absolute Gasteiger partial charge is 0.325 e. The molecule has 11 atom stereocenters. The number of carbonyl (C=O) groups is 2. The summed E-state index contributed by atoms with van der Waals surface area (Å²) < 4.78 is 0. The van der Waals surface area contributed by atoms with Crippen LogP contribution in [0.5, 0.6) is 0 Å². The van der Waals surface area contributed by atoms with Crippen LogP contribution in [0.4, 0.5) is 0 Å². The number of fused-ring (bicyclic) bond motifs is 5. The van der Waals surface area contributed by atoms with E-state index < -0.39 is 12.0 Å². The average Bonchev–Trinajstić information content (AvgIpc) is 3.10. The summed E-state index contributed by atoms with van der Waals surface area (Å²) in [5.74, 6) is 1.63. The predicted octanol–water partition coefficient (Wildman–Crippen LogP) is 3.98. The Kier molecular flexibility index (Phi) is 6.92. The molecule has 0 aliphatic heterocycles. The summed E-state index contributed by atoms with van der Waals surface area (Å²) >= 11 is 0. The Hall–Kier alpha value is -1.14. The van der Waals surface area contributed by atoms with Crippen LogP contribution in [-0.4, -0.2) is 45.4 Å². The highest BCUT2D eigenvalue weighted by Crippen LogP contribution is 2.68. The van der Waals surface area contributed by atoms with Crippen molar-refractivity contribution >= 4 is 11.9 Å². The first-order chi connectivity index (χ1) is 15.5. The van der Waals surface area contributed by atoms with Gasteiger partial charge in [-0.3, -0.25) is 9.59 Å². The van der Waals surface area contributed by atoms with Crippen molar-refractivity contribution in [2.45, 2.75) is 110 Å². The largest absolute Gasteiger partial charge is 0.480 e. The van der Waals surface area contributed by atoms with E-state index in [0.29, 0.717) is 41.9 Å². The molecule has 0 aromatic heterocycles. The van der Waals surface area contributed by atoms with Crippen LogP contribution in [0.2, 0.25) is 0 Å². The van der Waals surface area contributed by atoms with Crippen LogP contribution in [0.1, 0.15) is 91.9 Å². The standard InChI is InChI=1S/C27H45NO5/c1-15(5-8-23(31)28-16(2)25(32)33)19-6-7-20-24-21(10-12-27(19,20)4)26(3)11-9-18(29)13-17(26)14-22(24)30/h15-22,24,29-30H,5-14H2,1-4H3,(H,28,31)(H,32,33)/t15-,16-,17?,18-,19-,20?,21?,22-,24?,26+,27-/m1/s1. The summed E-state index contributed by atoms with van der Waals surface area (Å²) in [5, 5.41) is 33.2. The van der Waals surface area contributed by atoms with Gasteiger partial charge < -0.3 is 20.6 Å². The molecular formula is C27H45NO5.